The Morgan fingerprint density at radius 3 is 2.66 bits per heavy atom. The average molecular weight is 414 g/mol. The first-order valence-corrected chi connectivity index (χ1v) is 10.4. The molecule has 8 nitrogen and oxygen atoms in total. The normalized spacial score (nSPS) is 14.0. The van der Waals surface area contributed by atoms with E-state index in [9.17, 15) is 14.4 Å². The van der Waals surface area contributed by atoms with Crippen molar-refractivity contribution < 1.29 is 4.79 Å². The fourth-order valence-corrected chi connectivity index (χ4v) is 4.62. The van der Waals surface area contributed by atoms with E-state index >= 15 is 0 Å². The van der Waals surface area contributed by atoms with Crippen molar-refractivity contribution in [3.63, 3.8) is 0 Å². The molecule has 1 saturated heterocycles. The molecule has 0 atom stereocenters. The van der Waals surface area contributed by atoms with Crippen LogP contribution < -0.4 is 21.5 Å². The number of aryl methyl sites for hydroxylation is 2. The van der Waals surface area contributed by atoms with E-state index < -0.39 is 5.69 Å². The molecule has 1 N–H and O–H groups in total. The van der Waals surface area contributed by atoms with Crippen molar-refractivity contribution in [2.24, 2.45) is 7.05 Å². The molecule has 0 aliphatic carbocycles. The summed E-state index contributed by atoms with van der Waals surface area (Å²) in [5.41, 5.74) is 2.03. The summed E-state index contributed by atoms with van der Waals surface area (Å²) in [6.07, 6.45) is 2.16. The van der Waals surface area contributed by atoms with E-state index in [1.165, 1.54) is 23.0 Å². The van der Waals surface area contributed by atoms with Gasteiger partial charge in [-0.2, -0.15) is 0 Å². The van der Waals surface area contributed by atoms with E-state index in [4.69, 9.17) is 0 Å². The van der Waals surface area contributed by atoms with Crippen LogP contribution in [-0.2, 0) is 18.4 Å². The number of thiazole rings is 1. The van der Waals surface area contributed by atoms with Crippen molar-refractivity contribution in [2.45, 2.75) is 33.2 Å². The van der Waals surface area contributed by atoms with Gasteiger partial charge in [0.2, 0.25) is 5.91 Å². The number of carbonyl (C=O) groups excluding carboxylic acids is 1. The number of anilines is 2. The highest BCUT2D eigenvalue weighted by Crippen LogP contribution is 2.28. The van der Waals surface area contributed by atoms with E-state index in [-0.39, 0.29) is 23.7 Å². The number of carbonyl (C=O) groups is 1. The summed E-state index contributed by atoms with van der Waals surface area (Å²) in [5.74, 6) is -0.337. The van der Waals surface area contributed by atoms with Crippen molar-refractivity contribution in [1.82, 2.24) is 14.1 Å². The number of benzene rings is 1. The number of amides is 1. The molecule has 29 heavy (non-hydrogen) atoms. The SMILES string of the molecule is Cc1ccc(C)c(NC(=O)Cn2c(=O)n(C)c(=O)c3sc(N4CCCC4)nc32)c1. The van der Waals surface area contributed by atoms with Crippen molar-refractivity contribution in [2.75, 3.05) is 23.3 Å². The van der Waals surface area contributed by atoms with E-state index in [2.05, 4.69) is 15.2 Å². The zero-order chi connectivity index (χ0) is 20.7. The van der Waals surface area contributed by atoms with Crippen LogP contribution >= 0.6 is 11.3 Å². The molecule has 4 rings (SSSR count). The third kappa shape index (κ3) is 3.57. The van der Waals surface area contributed by atoms with Crippen LogP contribution in [0.2, 0.25) is 0 Å². The molecule has 0 radical (unpaired) electrons. The predicted octanol–water partition coefficient (Wildman–Crippen LogP) is 2.01. The molecule has 0 saturated carbocycles. The monoisotopic (exact) mass is 413 g/mol. The van der Waals surface area contributed by atoms with Gasteiger partial charge in [0.15, 0.2) is 10.8 Å². The molecule has 1 aliphatic rings. The van der Waals surface area contributed by atoms with Crippen LogP contribution in [0.15, 0.2) is 27.8 Å². The van der Waals surface area contributed by atoms with Crippen LogP contribution in [-0.4, -0.2) is 33.1 Å². The van der Waals surface area contributed by atoms with Crippen LogP contribution in [0.1, 0.15) is 24.0 Å². The lowest BCUT2D eigenvalue weighted by molar-refractivity contribution is -0.116. The first kappa shape index (κ1) is 19.4. The first-order chi connectivity index (χ1) is 13.8. The van der Waals surface area contributed by atoms with Gasteiger partial charge in [0, 0.05) is 25.8 Å². The fraction of sp³-hybridized carbons (Fsp3) is 0.400. The molecule has 9 heteroatoms. The molecule has 3 heterocycles. The van der Waals surface area contributed by atoms with Crippen molar-refractivity contribution in [1.29, 1.82) is 0 Å². The van der Waals surface area contributed by atoms with Gasteiger partial charge in [-0.15, -0.1) is 0 Å². The van der Waals surface area contributed by atoms with Gasteiger partial charge in [-0.3, -0.25) is 18.7 Å². The van der Waals surface area contributed by atoms with Gasteiger partial charge in [-0.1, -0.05) is 23.5 Å². The molecule has 1 fully saturated rings. The van der Waals surface area contributed by atoms with Crippen LogP contribution in [0.3, 0.4) is 0 Å². The van der Waals surface area contributed by atoms with Crippen molar-refractivity contribution in [3.8, 4) is 0 Å². The Morgan fingerprint density at radius 2 is 1.93 bits per heavy atom. The Bertz CT molecular complexity index is 1220. The average Bonchev–Trinajstić information content (AvgIpc) is 3.36. The minimum absolute atomic E-state index is 0.208. The molecule has 1 amide bonds. The van der Waals surface area contributed by atoms with Gasteiger partial charge >= 0.3 is 5.69 Å². The van der Waals surface area contributed by atoms with Gasteiger partial charge in [-0.05, 0) is 43.9 Å². The molecule has 0 spiro atoms. The van der Waals surface area contributed by atoms with E-state index in [1.54, 1.807) is 0 Å². The second-order valence-electron chi connectivity index (χ2n) is 7.44. The molecule has 1 aromatic carbocycles. The van der Waals surface area contributed by atoms with Crippen molar-refractivity contribution >= 4 is 38.4 Å². The lowest BCUT2D eigenvalue weighted by atomic mass is 10.1. The van der Waals surface area contributed by atoms with Gasteiger partial charge in [0.1, 0.15) is 11.2 Å². The Labute approximate surface area is 171 Å². The number of aromatic nitrogens is 3. The van der Waals surface area contributed by atoms with Gasteiger partial charge < -0.3 is 10.2 Å². The maximum Gasteiger partial charge on any atom is 0.332 e. The molecule has 0 unspecified atom stereocenters. The van der Waals surface area contributed by atoms with Crippen LogP contribution in [0.25, 0.3) is 10.3 Å². The summed E-state index contributed by atoms with van der Waals surface area (Å²) in [7, 11) is 1.43. The largest absolute Gasteiger partial charge is 0.348 e. The molecule has 3 aromatic rings. The number of fused-ring (bicyclic) bond motifs is 1. The molecular formula is C20H23N5O3S. The molecule has 1 aliphatic heterocycles. The highest BCUT2D eigenvalue weighted by molar-refractivity contribution is 7.22. The topological polar surface area (TPSA) is 89.2 Å². The smallest absolute Gasteiger partial charge is 0.332 e. The quantitative estimate of drug-likeness (QED) is 0.707. The van der Waals surface area contributed by atoms with Gasteiger partial charge in [0.05, 0.1) is 0 Å². The Balaban J connectivity index is 1.72. The van der Waals surface area contributed by atoms with E-state index in [1.807, 2.05) is 32.0 Å². The zero-order valence-electron chi connectivity index (χ0n) is 16.7. The Kier molecular flexibility index (Phi) is 4.99. The van der Waals surface area contributed by atoms with Crippen LogP contribution in [0, 0.1) is 13.8 Å². The number of hydrogen-bond donors (Lipinski definition) is 1. The lowest BCUT2D eigenvalue weighted by Gasteiger charge is -2.12. The van der Waals surface area contributed by atoms with Crippen molar-refractivity contribution in [3.05, 3.63) is 50.2 Å². The minimum Gasteiger partial charge on any atom is -0.348 e. The van der Waals surface area contributed by atoms with E-state index in [0.717, 1.165) is 46.8 Å². The highest BCUT2D eigenvalue weighted by atomic mass is 32.1. The standard InChI is InChI=1S/C20H23N5O3S/c1-12-6-7-13(2)14(10-12)21-15(26)11-25-17-16(18(27)23(3)20(25)28)29-19(22-17)24-8-4-5-9-24/h6-7,10H,4-5,8-9,11H2,1-3H3,(H,21,26). The first-order valence-electron chi connectivity index (χ1n) is 9.57. The Hall–Kier alpha value is -2.94. The van der Waals surface area contributed by atoms with Crippen LogP contribution in [0.4, 0.5) is 10.8 Å². The summed E-state index contributed by atoms with van der Waals surface area (Å²) in [4.78, 5) is 44.7. The third-order valence-electron chi connectivity index (χ3n) is 5.22. The molecule has 152 valence electrons. The predicted molar refractivity (Wildman–Crippen MR) is 115 cm³/mol. The number of nitrogens with one attached hydrogen (secondary N) is 1. The lowest BCUT2D eigenvalue weighted by Crippen LogP contribution is -2.40. The Morgan fingerprint density at radius 1 is 1.21 bits per heavy atom. The summed E-state index contributed by atoms with van der Waals surface area (Å²) in [6, 6.07) is 5.80. The second kappa shape index (κ2) is 7.47. The maximum atomic E-state index is 12.7. The number of hydrogen-bond acceptors (Lipinski definition) is 6. The highest BCUT2D eigenvalue weighted by Gasteiger charge is 2.22. The third-order valence-corrected chi connectivity index (χ3v) is 6.31. The maximum absolute atomic E-state index is 12.7. The van der Waals surface area contributed by atoms with E-state index in [0.29, 0.717) is 10.4 Å². The van der Waals surface area contributed by atoms with Gasteiger partial charge in [0.25, 0.3) is 5.56 Å². The molecule has 2 aromatic heterocycles. The molecular weight excluding hydrogens is 390 g/mol. The summed E-state index contributed by atoms with van der Waals surface area (Å²) < 4.78 is 2.72. The number of rotatable bonds is 4. The number of nitrogens with zero attached hydrogens (tertiary/aromatic N) is 4. The minimum atomic E-state index is -0.545. The van der Waals surface area contributed by atoms with Gasteiger partial charge in [-0.25, -0.2) is 9.78 Å². The second-order valence-corrected chi connectivity index (χ2v) is 8.42. The fourth-order valence-electron chi connectivity index (χ4n) is 3.52. The van der Waals surface area contributed by atoms with Crippen LogP contribution in [0.5, 0.6) is 0 Å². The summed E-state index contributed by atoms with van der Waals surface area (Å²) in [6.45, 7) is 5.43. The summed E-state index contributed by atoms with van der Waals surface area (Å²) >= 11 is 1.28. The summed E-state index contributed by atoms with van der Waals surface area (Å²) in [5, 5.41) is 3.59. The zero-order valence-corrected chi connectivity index (χ0v) is 17.5. The molecule has 0 bridgehead atoms.